The molecule has 2 amide bonds. The third kappa shape index (κ3) is 4.36. The Hall–Kier alpha value is -4.00. The molecule has 2 atom stereocenters. The van der Waals surface area contributed by atoms with E-state index in [9.17, 15) is 9.59 Å². The molecular weight excluding hydrogens is 480 g/mol. The van der Waals surface area contributed by atoms with E-state index in [1.165, 1.54) is 11.1 Å². The zero-order valence-corrected chi connectivity index (χ0v) is 22.4. The van der Waals surface area contributed by atoms with Gasteiger partial charge < -0.3 is 24.0 Å². The van der Waals surface area contributed by atoms with Gasteiger partial charge in [-0.1, -0.05) is 49.4 Å². The molecule has 3 aromatic carbocycles. The second-order valence-electron chi connectivity index (χ2n) is 9.75. The third-order valence-corrected chi connectivity index (χ3v) is 7.64. The van der Waals surface area contributed by atoms with Crippen molar-refractivity contribution in [2.75, 3.05) is 34.4 Å². The summed E-state index contributed by atoms with van der Waals surface area (Å²) >= 11 is 0. The zero-order chi connectivity index (χ0) is 26.8. The average Bonchev–Trinajstić information content (AvgIpc) is 2.97. The van der Waals surface area contributed by atoms with E-state index < -0.39 is 12.0 Å². The van der Waals surface area contributed by atoms with E-state index in [-0.39, 0.29) is 11.8 Å². The number of hydrogen-bond donors (Lipinski definition) is 0. The van der Waals surface area contributed by atoms with Crippen molar-refractivity contribution < 1.29 is 23.8 Å². The number of rotatable bonds is 7. The van der Waals surface area contributed by atoms with Crippen molar-refractivity contribution in [1.29, 1.82) is 0 Å². The Labute approximate surface area is 223 Å². The summed E-state index contributed by atoms with van der Waals surface area (Å²) in [5.41, 5.74) is 4.56. The van der Waals surface area contributed by atoms with Crippen LogP contribution >= 0.6 is 0 Å². The minimum absolute atomic E-state index is 0.0132. The Bertz CT molecular complexity index is 1330. The quantitative estimate of drug-likeness (QED) is 0.445. The Morgan fingerprint density at radius 3 is 2.24 bits per heavy atom. The van der Waals surface area contributed by atoms with Crippen LogP contribution in [0.1, 0.15) is 57.9 Å². The molecule has 38 heavy (non-hydrogen) atoms. The van der Waals surface area contributed by atoms with Gasteiger partial charge in [0.25, 0.3) is 5.91 Å². The molecule has 2 unspecified atom stereocenters. The van der Waals surface area contributed by atoms with Crippen LogP contribution in [0.4, 0.5) is 0 Å². The molecule has 198 valence electrons. The minimum atomic E-state index is -0.580. The number of fused-ring (bicyclic) bond motifs is 2. The lowest BCUT2D eigenvalue weighted by atomic mass is 9.78. The molecule has 2 aliphatic heterocycles. The molecule has 2 heterocycles. The minimum Gasteiger partial charge on any atom is -0.493 e. The molecule has 0 N–H and O–H groups in total. The topological polar surface area (TPSA) is 68.3 Å². The Morgan fingerprint density at radius 2 is 1.58 bits per heavy atom. The predicted octanol–water partition coefficient (Wildman–Crippen LogP) is 4.99. The molecule has 7 nitrogen and oxygen atoms in total. The molecule has 7 heteroatoms. The van der Waals surface area contributed by atoms with Gasteiger partial charge >= 0.3 is 0 Å². The molecule has 0 fully saturated rings. The van der Waals surface area contributed by atoms with E-state index >= 15 is 0 Å². The standard InChI is InChI=1S/C31H34N2O5/c1-5-15-33-28(22-17-25(36-2)29(38-4)26(18-22)37-3)27(23-12-8-9-13-24(23)30(33)34)31(35)32-16-14-20-10-6-7-11-21(20)19-32/h6-13,17-18,27-28H,5,14-16,19H2,1-4H3. The highest BCUT2D eigenvalue weighted by atomic mass is 16.5. The summed E-state index contributed by atoms with van der Waals surface area (Å²) in [6.07, 6.45) is 1.57. The first-order chi connectivity index (χ1) is 18.5. The number of hydrogen-bond acceptors (Lipinski definition) is 5. The molecule has 0 aliphatic carbocycles. The number of carbonyl (C=O) groups is 2. The fraction of sp³-hybridized carbons (Fsp3) is 0.355. The first-order valence-corrected chi connectivity index (χ1v) is 13.1. The van der Waals surface area contributed by atoms with Gasteiger partial charge in [0.05, 0.1) is 33.3 Å². The highest BCUT2D eigenvalue weighted by Gasteiger charge is 2.46. The van der Waals surface area contributed by atoms with Gasteiger partial charge in [-0.2, -0.15) is 0 Å². The molecule has 0 bridgehead atoms. The van der Waals surface area contributed by atoms with E-state index in [1.807, 2.05) is 65.3 Å². The fourth-order valence-corrected chi connectivity index (χ4v) is 5.87. The summed E-state index contributed by atoms with van der Waals surface area (Å²) in [4.78, 5) is 32.1. The fourth-order valence-electron chi connectivity index (χ4n) is 5.87. The third-order valence-electron chi connectivity index (χ3n) is 7.64. The molecule has 2 aliphatic rings. The number of carbonyl (C=O) groups excluding carboxylic acids is 2. The summed E-state index contributed by atoms with van der Waals surface area (Å²) < 4.78 is 16.8. The molecule has 5 rings (SSSR count). The molecule has 0 spiro atoms. The first-order valence-electron chi connectivity index (χ1n) is 13.1. The van der Waals surface area contributed by atoms with Crippen molar-refractivity contribution >= 4 is 11.8 Å². The smallest absolute Gasteiger partial charge is 0.254 e. The molecule has 0 aromatic heterocycles. The van der Waals surface area contributed by atoms with E-state index in [0.29, 0.717) is 42.4 Å². The van der Waals surface area contributed by atoms with Gasteiger partial charge in [-0.15, -0.1) is 0 Å². The summed E-state index contributed by atoms with van der Waals surface area (Å²) in [6, 6.07) is 19.0. The van der Waals surface area contributed by atoms with Crippen molar-refractivity contribution in [1.82, 2.24) is 9.80 Å². The average molecular weight is 515 g/mol. The number of benzene rings is 3. The summed E-state index contributed by atoms with van der Waals surface area (Å²) in [7, 11) is 4.70. The Morgan fingerprint density at radius 1 is 0.921 bits per heavy atom. The number of nitrogens with zero attached hydrogens (tertiary/aromatic N) is 2. The van der Waals surface area contributed by atoms with E-state index in [4.69, 9.17) is 14.2 Å². The largest absolute Gasteiger partial charge is 0.493 e. The molecule has 0 saturated heterocycles. The van der Waals surface area contributed by atoms with Gasteiger partial charge in [0, 0.05) is 25.2 Å². The summed E-state index contributed by atoms with van der Waals surface area (Å²) in [6.45, 7) is 3.75. The Balaban J connectivity index is 1.67. The number of ether oxygens (including phenoxy) is 3. The van der Waals surface area contributed by atoms with Crippen LogP contribution in [-0.4, -0.2) is 56.0 Å². The van der Waals surface area contributed by atoms with Crippen molar-refractivity contribution in [3.8, 4) is 17.2 Å². The van der Waals surface area contributed by atoms with Crippen LogP contribution in [0.3, 0.4) is 0 Å². The second-order valence-corrected chi connectivity index (χ2v) is 9.75. The van der Waals surface area contributed by atoms with Crippen LogP contribution in [0, 0.1) is 0 Å². The van der Waals surface area contributed by atoms with E-state index in [0.717, 1.165) is 24.0 Å². The number of amides is 2. The first kappa shape index (κ1) is 25.6. The predicted molar refractivity (Wildman–Crippen MR) is 145 cm³/mol. The lowest BCUT2D eigenvalue weighted by Gasteiger charge is -2.44. The van der Waals surface area contributed by atoms with Crippen LogP contribution in [0.5, 0.6) is 17.2 Å². The van der Waals surface area contributed by atoms with Crippen LogP contribution in [0.15, 0.2) is 60.7 Å². The summed E-state index contributed by atoms with van der Waals surface area (Å²) in [5.74, 6) is 0.807. The van der Waals surface area contributed by atoms with Gasteiger partial charge in [-0.25, -0.2) is 0 Å². The van der Waals surface area contributed by atoms with Crippen molar-refractivity contribution in [2.24, 2.45) is 0 Å². The van der Waals surface area contributed by atoms with Gasteiger partial charge in [-0.05, 0) is 53.3 Å². The van der Waals surface area contributed by atoms with Crippen LogP contribution in [0.25, 0.3) is 0 Å². The zero-order valence-electron chi connectivity index (χ0n) is 22.4. The van der Waals surface area contributed by atoms with E-state index in [2.05, 4.69) is 12.1 Å². The number of methoxy groups -OCH3 is 3. The van der Waals surface area contributed by atoms with Gasteiger partial charge in [0.1, 0.15) is 0 Å². The highest BCUT2D eigenvalue weighted by Crippen LogP contribution is 2.48. The van der Waals surface area contributed by atoms with Gasteiger partial charge in [0.15, 0.2) is 11.5 Å². The van der Waals surface area contributed by atoms with Crippen LogP contribution < -0.4 is 14.2 Å². The van der Waals surface area contributed by atoms with Crippen molar-refractivity contribution in [3.05, 3.63) is 88.5 Å². The maximum atomic E-state index is 14.5. The second kappa shape index (κ2) is 10.8. The molecule has 0 saturated carbocycles. The lowest BCUT2D eigenvalue weighted by Crippen LogP contribution is -2.49. The monoisotopic (exact) mass is 514 g/mol. The van der Waals surface area contributed by atoms with Crippen LogP contribution in [0.2, 0.25) is 0 Å². The van der Waals surface area contributed by atoms with Gasteiger partial charge in [0.2, 0.25) is 11.7 Å². The maximum Gasteiger partial charge on any atom is 0.254 e. The molecule has 3 aromatic rings. The van der Waals surface area contributed by atoms with Gasteiger partial charge in [-0.3, -0.25) is 9.59 Å². The highest BCUT2D eigenvalue weighted by molar-refractivity contribution is 6.01. The SMILES string of the molecule is CCCN1C(=O)c2ccccc2C(C(=O)N2CCc3ccccc3C2)C1c1cc(OC)c(OC)c(OC)c1. The lowest BCUT2D eigenvalue weighted by molar-refractivity contribution is -0.135. The van der Waals surface area contributed by atoms with Crippen molar-refractivity contribution in [3.63, 3.8) is 0 Å². The molecule has 0 radical (unpaired) electrons. The normalized spacial score (nSPS) is 18.5. The van der Waals surface area contributed by atoms with Crippen molar-refractivity contribution in [2.45, 2.75) is 38.3 Å². The van der Waals surface area contributed by atoms with Crippen LogP contribution in [-0.2, 0) is 17.8 Å². The maximum absolute atomic E-state index is 14.5. The summed E-state index contributed by atoms with van der Waals surface area (Å²) in [5, 5.41) is 0. The van der Waals surface area contributed by atoms with E-state index in [1.54, 1.807) is 21.3 Å². The Kier molecular flexibility index (Phi) is 7.27. The molecular formula is C31H34N2O5.